The summed E-state index contributed by atoms with van der Waals surface area (Å²) in [6.45, 7) is -0.848. The molecule has 0 spiro atoms. The highest BCUT2D eigenvalue weighted by Crippen LogP contribution is 2.38. The minimum absolute atomic E-state index is 0.433. The van der Waals surface area contributed by atoms with E-state index < -0.39 is 78.3 Å². The van der Waals surface area contributed by atoms with Crippen LogP contribution in [-0.4, -0.2) is 36.6 Å². The lowest BCUT2D eigenvalue weighted by Gasteiger charge is -2.28. The molecule has 0 saturated carbocycles. The minimum Gasteiger partial charge on any atom is -0.480 e. The summed E-state index contributed by atoms with van der Waals surface area (Å²) < 4.78 is 92.6. The van der Waals surface area contributed by atoms with Gasteiger partial charge in [0.25, 0.3) is 0 Å². The van der Waals surface area contributed by atoms with Crippen LogP contribution in [0.15, 0.2) is 17.1 Å². The highest BCUT2D eigenvalue weighted by molar-refractivity contribution is 5.72. The highest BCUT2D eigenvalue weighted by Gasteiger charge is 2.47. The molecule has 1 N–H and O–H groups in total. The van der Waals surface area contributed by atoms with Gasteiger partial charge in [0.2, 0.25) is 0 Å². The molecule has 0 aliphatic carbocycles. The van der Waals surface area contributed by atoms with Crippen LogP contribution in [0.5, 0.6) is 0 Å². The maximum atomic E-state index is 14.1. The molecule has 0 amide bonds. The number of nitrogens with zero attached hydrogens (tertiary/aromatic N) is 4. The maximum Gasteiger partial charge on any atom is 0.436 e. The highest BCUT2D eigenvalue weighted by atomic mass is 19.4. The Morgan fingerprint density at radius 3 is 2.45 bits per heavy atom. The van der Waals surface area contributed by atoms with Gasteiger partial charge in [0.1, 0.15) is 11.9 Å². The minimum atomic E-state index is -5.10. The van der Waals surface area contributed by atoms with Crippen LogP contribution in [0.1, 0.15) is 29.5 Å². The van der Waals surface area contributed by atoms with E-state index in [2.05, 4.69) is 10.1 Å². The Kier molecular flexibility index (Phi) is 4.91. The second-order valence-corrected chi connectivity index (χ2v) is 6.39. The van der Waals surface area contributed by atoms with Gasteiger partial charge >= 0.3 is 24.0 Å². The van der Waals surface area contributed by atoms with E-state index in [1.165, 1.54) is 0 Å². The number of rotatable bonds is 3. The van der Waals surface area contributed by atoms with Crippen LogP contribution in [-0.2, 0) is 23.9 Å². The lowest BCUT2D eigenvalue weighted by atomic mass is 9.92. The number of halogens is 7. The molecular weight excluding hydrogens is 417 g/mol. The van der Waals surface area contributed by atoms with E-state index in [-0.39, 0.29) is 0 Å². The Hall–Kier alpha value is -2.93. The largest absolute Gasteiger partial charge is 0.480 e. The molecule has 1 aliphatic heterocycles. The standard InChI is InChI=1S/C15H11F7N4O3/c16-10-6(1-2-23-11(10)15(20,21)22)5-25-13(29)26-8(12(27)28)3-7(14(17,18)19)4-9(26)24-25/h1-2,7-8H,3-5H2,(H,27,28). The molecule has 1 aliphatic rings. The van der Waals surface area contributed by atoms with Crippen LogP contribution in [0.25, 0.3) is 0 Å². The van der Waals surface area contributed by atoms with Crippen LogP contribution < -0.4 is 5.69 Å². The first-order chi connectivity index (χ1) is 13.3. The Morgan fingerprint density at radius 2 is 1.90 bits per heavy atom. The predicted octanol–water partition coefficient (Wildman–Crippen LogP) is 2.40. The van der Waals surface area contributed by atoms with Crippen molar-refractivity contribution in [1.29, 1.82) is 0 Å². The number of alkyl halides is 6. The van der Waals surface area contributed by atoms with Crippen molar-refractivity contribution in [2.24, 2.45) is 5.92 Å². The number of hydrogen-bond acceptors (Lipinski definition) is 4. The molecule has 0 aromatic carbocycles. The van der Waals surface area contributed by atoms with Gasteiger partial charge in [-0.1, -0.05) is 0 Å². The molecule has 29 heavy (non-hydrogen) atoms. The normalized spacial score (nSPS) is 19.8. The molecule has 7 nitrogen and oxygen atoms in total. The van der Waals surface area contributed by atoms with Crippen molar-refractivity contribution >= 4 is 5.97 Å². The smallest absolute Gasteiger partial charge is 0.436 e. The van der Waals surface area contributed by atoms with Gasteiger partial charge in [-0.15, -0.1) is 0 Å². The summed E-state index contributed by atoms with van der Waals surface area (Å²) in [6.07, 6.45) is -10.9. The zero-order valence-electron chi connectivity index (χ0n) is 14.1. The summed E-state index contributed by atoms with van der Waals surface area (Å²) in [5, 5.41) is 12.8. The second-order valence-electron chi connectivity index (χ2n) is 6.39. The summed E-state index contributed by atoms with van der Waals surface area (Å²) >= 11 is 0. The molecular formula is C15H11F7N4O3. The van der Waals surface area contributed by atoms with Crippen LogP contribution in [0, 0.1) is 11.7 Å². The van der Waals surface area contributed by atoms with E-state index >= 15 is 0 Å². The number of carboxylic acids is 1. The average Bonchev–Trinajstić information content (AvgIpc) is 2.90. The fourth-order valence-corrected chi connectivity index (χ4v) is 3.12. The zero-order chi connectivity index (χ0) is 21.7. The van der Waals surface area contributed by atoms with Gasteiger partial charge in [-0.2, -0.15) is 31.4 Å². The Bertz CT molecular complexity index is 1010. The number of aliphatic carboxylic acids is 1. The summed E-state index contributed by atoms with van der Waals surface area (Å²) in [5.41, 5.74) is -3.63. The van der Waals surface area contributed by atoms with Crippen molar-refractivity contribution in [3.8, 4) is 0 Å². The Morgan fingerprint density at radius 1 is 1.24 bits per heavy atom. The molecule has 14 heteroatoms. The quantitative estimate of drug-likeness (QED) is 0.759. The van der Waals surface area contributed by atoms with E-state index in [1.54, 1.807) is 0 Å². The van der Waals surface area contributed by atoms with Gasteiger partial charge in [0.15, 0.2) is 11.5 Å². The van der Waals surface area contributed by atoms with Crippen molar-refractivity contribution in [1.82, 2.24) is 19.3 Å². The van der Waals surface area contributed by atoms with Crippen LogP contribution >= 0.6 is 0 Å². The van der Waals surface area contributed by atoms with Gasteiger partial charge in [-0.05, 0) is 12.5 Å². The van der Waals surface area contributed by atoms with Crippen LogP contribution in [0.3, 0.4) is 0 Å². The number of pyridine rings is 1. The monoisotopic (exact) mass is 428 g/mol. The third-order valence-electron chi connectivity index (χ3n) is 4.50. The average molecular weight is 428 g/mol. The molecule has 3 rings (SSSR count). The molecule has 2 aromatic heterocycles. The van der Waals surface area contributed by atoms with Crippen molar-refractivity contribution in [2.75, 3.05) is 0 Å². The van der Waals surface area contributed by atoms with E-state index in [1.807, 2.05) is 0 Å². The fraction of sp³-hybridized carbons (Fsp3) is 0.467. The summed E-state index contributed by atoms with van der Waals surface area (Å²) in [4.78, 5) is 26.7. The van der Waals surface area contributed by atoms with Gasteiger partial charge < -0.3 is 5.11 Å². The first-order valence-electron chi connectivity index (χ1n) is 7.99. The molecule has 2 atom stereocenters. The molecule has 0 bridgehead atoms. The maximum absolute atomic E-state index is 14.1. The van der Waals surface area contributed by atoms with Crippen molar-refractivity contribution < 1.29 is 40.6 Å². The molecule has 158 valence electrons. The lowest BCUT2D eigenvalue weighted by molar-refractivity contribution is -0.183. The van der Waals surface area contributed by atoms with Gasteiger partial charge in [0.05, 0.1) is 12.5 Å². The molecule has 2 aromatic rings. The first kappa shape index (κ1) is 20.8. The third-order valence-corrected chi connectivity index (χ3v) is 4.50. The number of carboxylic acid groups (broad SMARTS) is 1. The van der Waals surface area contributed by atoms with E-state index in [0.717, 1.165) is 6.07 Å². The second kappa shape index (κ2) is 6.84. The summed E-state index contributed by atoms with van der Waals surface area (Å²) in [7, 11) is 0. The van der Waals surface area contributed by atoms with E-state index in [4.69, 9.17) is 0 Å². The molecule has 0 radical (unpaired) electrons. The Balaban J connectivity index is 2.03. The fourth-order valence-electron chi connectivity index (χ4n) is 3.12. The van der Waals surface area contributed by atoms with Crippen molar-refractivity contribution in [2.45, 2.75) is 37.8 Å². The zero-order valence-corrected chi connectivity index (χ0v) is 14.1. The number of hydrogen-bond donors (Lipinski definition) is 1. The summed E-state index contributed by atoms with van der Waals surface area (Å²) in [6, 6.07) is -1.01. The summed E-state index contributed by atoms with van der Waals surface area (Å²) in [5.74, 6) is -6.03. The number of aromatic nitrogens is 4. The molecule has 0 saturated heterocycles. The third kappa shape index (κ3) is 3.82. The SMILES string of the molecule is O=C(O)C1CC(C(F)(F)F)Cc2nn(Cc3ccnc(C(F)(F)F)c3F)c(=O)n21. The lowest BCUT2D eigenvalue weighted by Crippen LogP contribution is -2.40. The predicted molar refractivity (Wildman–Crippen MR) is 79.3 cm³/mol. The Labute approximate surface area is 156 Å². The van der Waals surface area contributed by atoms with Gasteiger partial charge in [-0.25, -0.2) is 23.6 Å². The first-order valence-corrected chi connectivity index (χ1v) is 7.99. The van der Waals surface area contributed by atoms with Gasteiger partial charge in [-0.3, -0.25) is 4.57 Å². The molecule has 2 unspecified atom stereocenters. The molecule has 0 fully saturated rings. The molecule has 3 heterocycles. The van der Waals surface area contributed by atoms with Crippen molar-refractivity contribution in [3.63, 3.8) is 0 Å². The number of carbonyl (C=O) groups is 1. The number of fused-ring (bicyclic) bond motifs is 1. The van der Waals surface area contributed by atoms with E-state index in [9.17, 15) is 45.4 Å². The van der Waals surface area contributed by atoms with Gasteiger partial charge in [0, 0.05) is 18.2 Å². The van der Waals surface area contributed by atoms with Crippen LogP contribution in [0.4, 0.5) is 30.7 Å². The van der Waals surface area contributed by atoms with Crippen molar-refractivity contribution in [3.05, 3.63) is 45.6 Å². The van der Waals surface area contributed by atoms with E-state index in [0.29, 0.717) is 15.4 Å². The topological polar surface area (TPSA) is 90.0 Å². The van der Waals surface area contributed by atoms with Crippen LogP contribution in [0.2, 0.25) is 0 Å².